The van der Waals surface area contributed by atoms with Gasteiger partial charge in [0.2, 0.25) is 5.56 Å². The summed E-state index contributed by atoms with van der Waals surface area (Å²) in [5.74, 6) is -1.94. The van der Waals surface area contributed by atoms with Crippen molar-refractivity contribution in [1.82, 2.24) is 10.3 Å². The largest absolute Gasteiger partial charge is 0.480 e. The predicted octanol–water partition coefficient (Wildman–Crippen LogP) is 1.37. The molecule has 0 saturated heterocycles. The smallest absolute Gasteiger partial charge is 0.326 e. The van der Waals surface area contributed by atoms with Crippen molar-refractivity contribution in [3.05, 3.63) is 46.2 Å². The van der Waals surface area contributed by atoms with Crippen LogP contribution >= 0.6 is 0 Å². The Morgan fingerprint density at radius 3 is 2.52 bits per heavy atom. The van der Waals surface area contributed by atoms with Gasteiger partial charge in [-0.2, -0.15) is 0 Å². The summed E-state index contributed by atoms with van der Waals surface area (Å²) in [4.78, 5) is 37.7. The molecule has 0 aliphatic rings. The number of hydrogen-bond donors (Lipinski definition) is 3. The monoisotopic (exact) mass is 288 g/mol. The maximum atomic E-state index is 12.3. The van der Waals surface area contributed by atoms with Crippen LogP contribution in [0.1, 0.15) is 24.2 Å². The van der Waals surface area contributed by atoms with Gasteiger partial charge in [-0.15, -0.1) is 0 Å². The van der Waals surface area contributed by atoms with Crippen molar-refractivity contribution in [3.63, 3.8) is 0 Å². The van der Waals surface area contributed by atoms with Crippen LogP contribution in [0.15, 0.2) is 35.1 Å². The number of carboxylic acids is 1. The minimum Gasteiger partial charge on any atom is -0.480 e. The minimum atomic E-state index is -1.10. The quantitative estimate of drug-likeness (QED) is 0.791. The highest BCUT2D eigenvalue weighted by Gasteiger charge is 2.24. The number of carbonyl (C=O) groups excluding carboxylic acids is 1. The van der Waals surface area contributed by atoms with Crippen LogP contribution in [0.2, 0.25) is 0 Å². The number of carboxylic acid groups (broad SMARTS) is 1. The van der Waals surface area contributed by atoms with E-state index in [9.17, 15) is 14.4 Å². The van der Waals surface area contributed by atoms with Gasteiger partial charge in [-0.1, -0.05) is 32.0 Å². The number of carbonyl (C=O) groups is 2. The molecule has 1 aromatic carbocycles. The van der Waals surface area contributed by atoms with E-state index < -0.39 is 23.5 Å². The minimum absolute atomic E-state index is 0.168. The van der Waals surface area contributed by atoms with Gasteiger partial charge in [0.25, 0.3) is 5.91 Å². The lowest BCUT2D eigenvalue weighted by molar-refractivity contribution is -0.140. The Labute approximate surface area is 120 Å². The highest BCUT2D eigenvalue weighted by Crippen LogP contribution is 2.15. The Balaban J connectivity index is 2.44. The number of hydrogen-bond acceptors (Lipinski definition) is 3. The molecule has 0 aliphatic heterocycles. The number of nitrogens with one attached hydrogen (secondary N) is 2. The van der Waals surface area contributed by atoms with Crippen molar-refractivity contribution in [2.45, 2.75) is 19.9 Å². The van der Waals surface area contributed by atoms with Gasteiger partial charge in [-0.3, -0.25) is 9.59 Å². The zero-order chi connectivity index (χ0) is 15.6. The number of benzene rings is 1. The molecule has 1 aromatic heterocycles. The highest BCUT2D eigenvalue weighted by atomic mass is 16.4. The molecule has 0 bridgehead atoms. The van der Waals surface area contributed by atoms with Crippen LogP contribution in [0.4, 0.5) is 0 Å². The molecule has 1 atom stereocenters. The normalized spacial score (nSPS) is 12.3. The fourth-order valence-electron chi connectivity index (χ4n) is 2.13. The number of rotatable bonds is 4. The van der Waals surface area contributed by atoms with Crippen LogP contribution < -0.4 is 10.9 Å². The molecule has 6 nitrogen and oxygen atoms in total. The van der Waals surface area contributed by atoms with Crippen LogP contribution in [-0.4, -0.2) is 28.0 Å². The molecule has 2 rings (SSSR count). The maximum absolute atomic E-state index is 12.3. The Bertz CT molecular complexity index is 749. The first kappa shape index (κ1) is 14.8. The summed E-state index contributed by atoms with van der Waals surface area (Å²) < 4.78 is 0. The lowest BCUT2D eigenvalue weighted by Crippen LogP contribution is -2.44. The fourth-order valence-corrected chi connectivity index (χ4v) is 2.13. The van der Waals surface area contributed by atoms with Crippen molar-refractivity contribution in [2.24, 2.45) is 5.92 Å². The molecule has 0 spiro atoms. The van der Waals surface area contributed by atoms with E-state index in [0.29, 0.717) is 10.9 Å². The second kappa shape index (κ2) is 5.78. The summed E-state index contributed by atoms with van der Waals surface area (Å²) >= 11 is 0. The van der Waals surface area contributed by atoms with Gasteiger partial charge in [0, 0.05) is 17.0 Å². The molecule has 6 heteroatoms. The van der Waals surface area contributed by atoms with Crippen molar-refractivity contribution >= 4 is 22.8 Å². The van der Waals surface area contributed by atoms with Crippen molar-refractivity contribution in [3.8, 4) is 0 Å². The number of fused-ring (bicyclic) bond motifs is 1. The Kier molecular flexibility index (Phi) is 4.07. The number of amides is 1. The summed E-state index contributed by atoms with van der Waals surface area (Å²) in [6.07, 6.45) is 0. The third kappa shape index (κ3) is 3.10. The number of aromatic amines is 1. The lowest BCUT2D eigenvalue weighted by Gasteiger charge is -2.18. The summed E-state index contributed by atoms with van der Waals surface area (Å²) in [5, 5.41) is 12.2. The van der Waals surface area contributed by atoms with E-state index in [1.54, 1.807) is 38.1 Å². The van der Waals surface area contributed by atoms with Crippen LogP contribution in [-0.2, 0) is 4.79 Å². The number of pyridine rings is 1. The third-order valence-corrected chi connectivity index (χ3v) is 3.21. The molecular formula is C15H16N2O4. The molecule has 0 aliphatic carbocycles. The van der Waals surface area contributed by atoms with Gasteiger partial charge in [0.1, 0.15) is 6.04 Å². The average molecular weight is 288 g/mol. The van der Waals surface area contributed by atoms with Crippen LogP contribution in [0, 0.1) is 5.92 Å². The van der Waals surface area contributed by atoms with E-state index in [2.05, 4.69) is 10.3 Å². The van der Waals surface area contributed by atoms with E-state index in [0.717, 1.165) is 0 Å². The Hall–Kier alpha value is -2.63. The van der Waals surface area contributed by atoms with Gasteiger partial charge in [-0.05, 0) is 12.0 Å². The molecule has 1 heterocycles. The SMILES string of the molecule is CC(C)[C@H](NC(=O)c1cc(=O)[nH]c2ccccc12)C(=O)O. The predicted molar refractivity (Wildman–Crippen MR) is 78.3 cm³/mol. The van der Waals surface area contributed by atoms with Gasteiger partial charge in [0.15, 0.2) is 0 Å². The molecule has 3 N–H and O–H groups in total. The second-order valence-corrected chi connectivity index (χ2v) is 5.13. The van der Waals surface area contributed by atoms with Crippen molar-refractivity contribution < 1.29 is 14.7 Å². The van der Waals surface area contributed by atoms with Crippen molar-refractivity contribution in [2.75, 3.05) is 0 Å². The first-order valence-electron chi connectivity index (χ1n) is 6.56. The average Bonchev–Trinajstić information content (AvgIpc) is 2.42. The Morgan fingerprint density at radius 2 is 1.90 bits per heavy atom. The summed E-state index contributed by atoms with van der Waals surface area (Å²) in [6, 6.07) is 7.05. The van der Waals surface area contributed by atoms with Gasteiger partial charge in [0.05, 0.1) is 5.56 Å². The number of H-pyrrole nitrogens is 1. The van der Waals surface area contributed by atoms with E-state index in [1.807, 2.05) is 0 Å². The molecule has 1 amide bonds. The molecule has 110 valence electrons. The topological polar surface area (TPSA) is 99.3 Å². The summed E-state index contributed by atoms with van der Waals surface area (Å²) in [5.41, 5.74) is 0.295. The number of aromatic nitrogens is 1. The molecule has 21 heavy (non-hydrogen) atoms. The zero-order valence-electron chi connectivity index (χ0n) is 11.7. The Morgan fingerprint density at radius 1 is 1.24 bits per heavy atom. The van der Waals surface area contributed by atoms with E-state index in [-0.39, 0.29) is 11.5 Å². The number of aliphatic carboxylic acids is 1. The van der Waals surface area contributed by atoms with Crippen LogP contribution in [0.5, 0.6) is 0 Å². The third-order valence-electron chi connectivity index (χ3n) is 3.21. The van der Waals surface area contributed by atoms with Gasteiger partial charge in [-0.25, -0.2) is 4.79 Å². The first-order valence-corrected chi connectivity index (χ1v) is 6.56. The standard InChI is InChI=1S/C15H16N2O4/c1-8(2)13(15(20)21)17-14(19)10-7-12(18)16-11-6-4-3-5-9(10)11/h3-8,13H,1-2H3,(H,16,18)(H,17,19)(H,20,21)/t13-/m0/s1. The molecule has 0 unspecified atom stereocenters. The highest BCUT2D eigenvalue weighted by molar-refractivity contribution is 6.06. The second-order valence-electron chi connectivity index (χ2n) is 5.13. The molecule has 0 fully saturated rings. The van der Waals surface area contributed by atoms with E-state index >= 15 is 0 Å². The van der Waals surface area contributed by atoms with Crippen molar-refractivity contribution in [1.29, 1.82) is 0 Å². The summed E-state index contributed by atoms with van der Waals surface area (Å²) in [6.45, 7) is 3.41. The van der Waals surface area contributed by atoms with E-state index in [4.69, 9.17) is 5.11 Å². The fraction of sp³-hybridized carbons (Fsp3) is 0.267. The zero-order valence-corrected chi connectivity index (χ0v) is 11.7. The number of para-hydroxylation sites is 1. The lowest BCUT2D eigenvalue weighted by atomic mass is 10.0. The van der Waals surface area contributed by atoms with Gasteiger partial charge < -0.3 is 15.4 Å². The first-order chi connectivity index (χ1) is 9.90. The van der Waals surface area contributed by atoms with E-state index in [1.165, 1.54) is 6.07 Å². The van der Waals surface area contributed by atoms with Crippen LogP contribution in [0.25, 0.3) is 10.9 Å². The molecule has 2 aromatic rings. The molecular weight excluding hydrogens is 272 g/mol. The summed E-state index contributed by atoms with van der Waals surface area (Å²) in [7, 11) is 0. The maximum Gasteiger partial charge on any atom is 0.326 e. The van der Waals surface area contributed by atoms with Crippen LogP contribution in [0.3, 0.4) is 0 Å². The van der Waals surface area contributed by atoms with Gasteiger partial charge >= 0.3 is 5.97 Å². The molecule has 0 radical (unpaired) electrons. The molecule has 0 saturated carbocycles.